The quantitative estimate of drug-likeness (QED) is 0.809. The first-order valence-electron chi connectivity index (χ1n) is 4.26. The predicted molar refractivity (Wildman–Crippen MR) is 67.9 cm³/mol. The summed E-state index contributed by atoms with van der Waals surface area (Å²) in [4.78, 5) is 0. The zero-order valence-corrected chi connectivity index (χ0v) is 10.9. The summed E-state index contributed by atoms with van der Waals surface area (Å²) < 4.78 is 8.75. The highest BCUT2D eigenvalue weighted by atomic mass is 79.9. The van der Waals surface area contributed by atoms with Crippen molar-refractivity contribution in [2.45, 2.75) is 11.1 Å². The minimum absolute atomic E-state index is 0.691. The molecule has 0 amide bonds. The Kier molecular flexibility index (Phi) is 3.04. The molecule has 0 unspecified atom stereocenters. The summed E-state index contributed by atoms with van der Waals surface area (Å²) in [6, 6.07) is 6.05. The molecule has 0 aliphatic heterocycles. The first-order valence-corrected chi connectivity index (χ1v) is 6.32. The van der Waals surface area contributed by atoms with E-state index in [0.29, 0.717) is 6.61 Å². The average Bonchev–Trinajstić information content (AvgIpc) is 2.46. The number of thiol groups is 1. The number of benzene rings is 1. The van der Waals surface area contributed by atoms with Gasteiger partial charge in [0.1, 0.15) is 5.75 Å². The van der Waals surface area contributed by atoms with Crippen LogP contribution in [0.2, 0.25) is 0 Å². The second-order valence-corrected chi connectivity index (χ2v) is 5.35. The molecule has 0 radical (unpaired) electrons. The Bertz CT molecular complexity index is 464. The highest BCUT2D eigenvalue weighted by Crippen LogP contribution is 2.42. The Morgan fingerprint density at radius 2 is 2.29 bits per heavy atom. The van der Waals surface area contributed by atoms with Crippen molar-refractivity contribution in [3.63, 3.8) is 0 Å². The van der Waals surface area contributed by atoms with Crippen LogP contribution in [0, 0.1) is 0 Å². The van der Waals surface area contributed by atoms with E-state index in [9.17, 15) is 0 Å². The van der Waals surface area contributed by atoms with Crippen molar-refractivity contribution in [1.29, 1.82) is 0 Å². The fourth-order valence-corrected chi connectivity index (χ4v) is 3.32. The highest BCUT2D eigenvalue weighted by Gasteiger charge is 2.10. The zero-order chi connectivity index (χ0) is 10.1. The Labute approximate surface area is 101 Å². The van der Waals surface area contributed by atoms with E-state index >= 15 is 0 Å². The second kappa shape index (κ2) is 4.13. The van der Waals surface area contributed by atoms with Gasteiger partial charge in [-0.05, 0) is 28.9 Å². The van der Waals surface area contributed by atoms with Gasteiger partial charge in [-0.25, -0.2) is 0 Å². The molecule has 0 spiro atoms. The number of thiophene rings is 1. The van der Waals surface area contributed by atoms with Crippen molar-refractivity contribution in [2.75, 3.05) is 6.61 Å². The predicted octanol–water partition coefficient (Wildman–Crippen LogP) is 4.35. The third-order valence-corrected chi connectivity index (χ3v) is 4.81. The van der Waals surface area contributed by atoms with E-state index in [1.165, 1.54) is 5.39 Å². The van der Waals surface area contributed by atoms with Gasteiger partial charge in [-0.1, -0.05) is 12.1 Å². The van der Waals surface area contributed by atoms with E-state index in [0.717, 1.165) is 19.1 Å². The standard InChI is InChI=1S/C10H9BrOS2/c1-2-12-7-5-3-4-6-8(11)10(13)14-9(6)7/h3-5,13H,2H2,1H3. The lowest BCUT2D eigenvalue weighted by molar-refractivity contribution is 0.345. The number of hydrogen-bond acceptors (Lipinski definition) is 3. The first kappa shape index (κ1) is 10.3. The van der Waals surface area contributed by atoms with Crippen LogP contribution in [-0.4, -0.2) is 6.61 Å². The molecule has 0 aliphatic carbocycles. The number of hydrogen-bond donors (Lipinski definition) is 1. The van der Waals surface area contributed by atoms with Crippen LogP contribution in [0.4, 0.5) is 0 Å². The van der Waals surface area contributed by atoms with E-state index < -0.39 is 0 Å². The van der Waals surface area contributed by atoms with Crippen LogP contribution in [-0.2, 0) is 0 Å². The molecule has 2 aromatic rings. The monoisotopic (exact) mass is 288 g/mol. The lowest BCUT2D eigenvalue weighted by Crippen LogP contribution is -1.90. The summed E-state index contributed by atoms with van der Waals surface area (Å²) >= 11 is 9.54. The summed E-state index contributed by atoms with van der Waals surface area (Å²) in [5.74, 6) is 0.941. The first-order chi connectivity index (χ1) is 6.74. The third-order valence-electron chi connectivity index (χ3n) is 1.90. The summed E-state index contributed by atoms with van der Waals surface area (Å²) in [5.41, 5.74) is 0. The maximum absolute atomic E-state index is 5.54. The molecule has 4 heteroatoms. The third kappa shape index (κ3) is 1.66. The van der Waals surface area contributed by atoms with E-state index in [-0.39, 0.29) is 0 Å². The molecule has 0 saturated heterocycles. The largest absolute Gasteiger partial charge is 0.492 e. The topological polar surface area (TPSA) is 9.23 Å². The van der Waals surface area contributed by atoms with E-state index in [1.807, 2.05) is 19.1 Å². The Balaban J connectivity index is 2.68. The van der Waals surface area contributed by atoms with Gasteiger partial charge < -0.3 is 4.74 Å². The van der Waals surface area contributed by atoms with Gasteiger partial charge in [0.2, 0.25) is 0 Å². The molecular weight excluding hydrogens is 280 g/mol. The fourth-order valence-electron chi connectivity index (χ4n) is 1.32. The van der Waals surface area contributed by atoms with Crippen LogP contribution in [0.5, 0.6) is 5.75 Å². The summed E-state index contributed by atoms with van der Waals surface area (Å²) in [5, 5.41) is 1.17. The van der Waals surface area contributed by atoms with Gasteiger partial charge in [-0.3, -0.25) is 0 Å². The van der Waals surface area contributed by atoms with Crippen molar-refractivity contribution in [3.05, 3.63) is 22.7 Å². The summed E-state index contributed by atoms with van der Waals surface area (Å²) in [6.07, 6.45) is 0. The van der Waals surface area contributed by atoms with Gasteiger partial charge in [0.25, 0.3) is 0 Å². The van der Waals surface area contributed by atoms with Crippen molar-refractivity contribution in [1.82, 2.24) is 0 Å². The van der Waals surface area contributed by atoms with Crippen LogP contribution in [0.25, 0.3) is 10.1 Å². The van der Waals surface area contributed by atoms with Crippen LogP contribution < -0.4 is 4.74 Å². The Morgan fingerprint density at radius 3 is 3.00 bits per heavy atom. The molecule has 1 heterocycles. The van der Waals surface area contributed by atoms with Gasteiger partial charge >= 0.3 is 0 Å². The minimum atomic E-state index is 0.691. The normalized spacial score (nSPS) is 10.8. The van der Waals surface area contributed by atoms with Crippen LogP contribution in [0.3, 0.4) is 0 Å². The lowest BCUT2D eigenvalue weighted by atomic mass is 10.2. The zero-order valence-electron chi connectivity index (χ0n) is 7.58. The van der Waals surface area contributed by atoms with Crippen molar-refractivity contribution >= 4 is 50.0 Å². The average molecular weight is 289 g/mol. The number of halogens is 1. The summed E-state index contributed by atoms with van der Waals surface area (Å²) in [6.45, 7) is 2.68. The van der Waals surface area contributed by atoms with E-state index in [2.05, 4.69) is 34.6 Å². The smallest absolute Gasteiger partial charge is 0.137 e. The molecular formula is C10H9BrOS2. The maximum atomic E-state index is 5.54. The maximum Gasteiger partial charge on any atom is 0.137 e. The van der Waals surface area contributed by atoms with Crippen molar-refractivity contribution < 1.29 is 4.74 Å². The van der Waals surface area contributed by atoms with Gasteiger partial charge in [0.15, 0.2) is 0 Å². The van der Waals surface area contributed by atoms with Crippen LogP contribution >= 0.6 is 39.9 Å². The fraction of sp³-hybridized carbons (Fsp3) is 0.200. The molecule has 0 fully saturated rings. The summed E-state index contributed by atoms with van der Waals surface area (Å²) in [7, 11) is 0. The van der Waals surface area contributed by atoms with Gasteiger partial charge in [-0.2, -0.15) is 0 Å². The molecule has 0 N–H and O–H groups in total. The number of rotatable bonds is 2. The molecule has 0 atom stereocenters. The minimum Gasteiger partial charge on any atom is -0.492 e. The van der Waals surface area contributed by atoms with Gasteiger partial charge in [0, 0.05) is 9.86 Å². The lowest BCUT2D eigenvalue weighted by Gasteiger charge is -2.02. The molecule has 74 valence electrons. The molecule has 0 bridgehead atoms. The molecule has 2 rings (SSSR count). The van der Waals surface area contributed by atoms with Crippen LogP contribution in [0.1, 0.15) is 6.92 Å². The Morgan fingerprint density at radius 1 is 1.50 bits per heavy atom. The van der Waals surface area contributed by atoms with Crippen molar-refractivity contribution in [2.24, 2.45) is 0 Å². The molecule has 0 aliphatic rings. The number of ether oxygens (including phenoxy) is 1. The van der Waals surface area contributed by atoms with Crippen LogP contribution in [0.15, 0.2) is 26.9 Å². The second-order valence-electron chi connectivity index (χ2n) is 2.79. The van der Waals surface area contributed by atoms with E-state index in [1.54, 1.807) is 11.3 Å². The highest BCUT2D eigenvalue weighted by molar-refractivity contribution is 9.10. The molecule has 1 nitrogen and oxygen atoms in total. The SMILES string of the molecule is CCOc1cccc2c(Br)c(S)sc12. The molecule has 1 aromatic carbocycles. The molecule has 1 aromatic heterocycles. The molecule has 14 heavy (non-hydrogen) atoms. The van der Waals surface area contributed by atoms with E-state index in [4.69, 9.17) is 4.74 Å². The van der Waals surface area contributed by atoms with Crippen molar-refractivity contribution in [3.8, 4) is 5.75 Å². The Hall–Kier alpha value is -0.190. The molecule has 0 saturated carbocycles. The number of fused-ring (bicyclic) bond motifs is 1. The van der Waals surface area contributed by atoms with Gasteiger partial charge in [0.05, 0.1) is 15.5 Å². The van der Waals surface area contributed by atoms with Gasteiger partial charge in [-0.15, -0.1) is 24.0 Å².